The van der Waals surface area contributed by atoms with Crippen molar-refractivity contribution in [3.63, 3.8) is 0 Å². The number of anilines is 1. The Morgan fingerprint density at radius 2 is 2.00 bits per heavy atom. The molecule has 1 heterocycles. The largest absolute Gasteiger partial charge is 0.398 e. The summed E-state index contributed by atoms with van der Waals surface area (Å²) in [5.41, 5.74) is 6.53. The van der Waals surface area contributed by atoms with E-state index < -0.39 is 11.8 Å². The molecule has 0 bridgehead atoms. The number of carbonyl (C=O) groups is 3. The zero-order valence-electron chi connectivity index (χ0n) is 13.2. The van der Waals surface area contributed by atoms with Gasteiger partial charge in [0.2, 0.25) is 5.91 Å². The number of nitrogens with zero attached hydrogens (tertiary/aromatic N) is 1. The molecular formula is C17H21N3O3. The fraction of sp³-hybridized carbons (Fsp3) is 0.471. The number of carbonyl (C=O) groups excluding carboxylic acids is 3. The van der Waals surface area contributed by atoms with Crippen molar-refractivity contribution in [3.8, 4) is 0 Å². The first-order valence-corrected chi connectivity index (χ1v) is 8.03. The molecule has 1 aliphatic carbocycles. The number of nitrogens with two attached hydrogens (primary N) is 1. The molecule has 23 heavy (non-hydrogen) atoms. The van der Waals surface area contributed by atoms with Crippen molar-refractivity contribution in [3.05, 3.63) is 29.3 Å². The fourth-order valence-electron chi connectivity index (χ4n) is 3.43. The van der Waals surface area contributed by atoms with Gasteiger partial charge in [-0.2, -0.15) is 0 Å². The highest BCUT2D eigenvalue weighted by Crippen LogP contribution is 2.27. The summed E-state index contributed by atoms with van der Waals surface area (Å²) >= 11 is 0. The van der Waals surface area contributed by atoms with Crippen molar-refractivity contribution in [2.24, 2.45) is 5.92 Å². The van der Waals surface area contributed by atoms with Gasteiger partial charge in [-0.15, -0.1) is 0 Å². The SMILES string of the molecule is C[C@H]1CCCC[C@H]1NC(=O)CN1C(=O)c2cccc(N)c2C1=O. The molecule has 1 aromatic rings. The van der Waals surface area contributed by atoms with Gasteiger partial charge in [0.25, 0.3) is 11.8 Å². The van der Waals surface area contributed by atoms with Gasteiger partial charge in [-0.3, -0.25) is 19.3 Å². The number of amides is 3. The summed E-state index contributed by atoms with van der Waals surface area (Å²) < 4.78 is 0. The predicted octanol–water partition coefficient (Wildman–Crippen LogP) is 1.56. The molecule has 1 fully saturated rings. The molecule has 0 aromatic heterocycles. The Morgan fingerprint density at radius 3 is 2.70 bits per heavy atom. The van der Waals surface area contributed by atoms with Crippen LogP contribution in [0.4, 0.5) is 5.69 Å². The van der Waals surface area contributed by atoms with E-state index in [0.29, 0.717) is 5.92 Å². The van der Waals surface area contributed by atoms with Gasteiger partial charge in [0.1, 0.15) is 6.54 Å². The Labute approximate surface area is 135 Å². The third-order valence-electron chi connectivity index (χ3n) is 4.79. The lowest BCUT2D eigenvalue weighted by molar-refractivity contribution is -0.122. The van der Waals surface area contributed by atoms with Crippen LogP contribution in [-0.4, -0.2) is 35.2 Å². The number of benzene rings is 1. The lowest BCUT2D eigenvalue weighted by Gasteiger charge is -2.30. The maximum atomic E-state index is 12.4. The Balaban J connectivity index is 1.69. The van der Waals surface area contributed by atoms with E-state index in [1.54, 1.807) is 18.2 Å². The highest BCUT2D eigenvalue weighted by atomic mass is 16.2. The molecule has 0 unspecified atom stereocenters. The van der Waals surface area contributed by atoms with E-state index in [1.165, 1.54) is 6.42 Å². The maximum Gasteiger partial charge on any atom is 0.264 e. The molecule has 0 radical (unpaired) electrons. The fourth-order valence-corrected chi connectivity index (χ4v) is 3.43. The van der Waals surface area contributed by atoms with Crippen LogP contribution >= 0.6 is 0 Å². The molecular weight excluding hydrogens is 294 g/mol. The normalized spacial score (nSPS) is 23.8. The summed E-state index contributed by atoms with van der Waals surface area (Å²) in [5, 5.41) is 2.96. The first-order valence-electron chi connectivity index (χ1n) is 8.03. The van der Waals surface area contributed by atoms with E-state index in [4.69, 9.17) is 5.73 Å². The average Bonchev–Trinajstić information content (AvgIpc) is 2.76. The minimum Gasteiger partial charge on any atom is -0.398 e. The van der Waals surface area contributed by atoms with E-state index in [0.717, 1.165) is 24.2 Å². The van der Waals surface area contributed by atoms with E-state index in [-0.39, 0.29) is 35.3 Å². The molecule has 6 nitrogen and oxygen atoms in total. The lowest BCUT2D eigenvalue weighted by Crippen LogP contribution is -2.46. The minimum absolute atomic E-state index is 0.122. The second kappa shape index (κ2) is 6.02. The van der Waals surface area contributed by atoms with Gasteiger partial charge in [-0.1, -0.05) is 25.8 Å². The summed E-state index contributed by atoms with van der Waals surface area (Å²) in [4.78, 5) is 37.9. The monoisotopic (exact) mass is 315 g/mol. The second-order valence-corrected chi connectivity index (χ2v) is 6.40. The van der Waals surface area contributed by atoms with Crippen molar-refractivity contribution in [1.82, 2.24) is 10.2 Å². The van der Waals surface area contributed by atoms with Crippen molar-refractivity contribution in [2.45, 2.75) is 38.6 Å². The zero-order chi connectivity index (χ0) is 16.6. The Morgan fingerprint density at radius 1 is 1.26 bits per heavy atom. The minimum atomic E-state index is -0.491. The third kappa shape index (κ3) is 2.81. The van der Waals surface area contributed by atoms with E-state index >= 15 is 0 Å². The molecule has 3 rings (SSSR count). The van der Waals surface area contributed by atoms with Gasteiger partial charge >= 0.3 is 0 Å². The van der Waals surface area contributed by atoms with Crippen molar-refractivity contribution in [1.29, 1.82) is 0 Å². The smallest absolute Gasteiger partial charge is 0.264 e. The molecule has 6 heteroatoms. The Hall–Kier alpha value is -2.37. The van der Waals surface area contributed by atoms with Crippen LogP contribution in [0.5, 0.6) is 0 Å². The predicted molar refractivity (Wildman–Crippen MR) is 85.8 cm³/mol. The standard InChI is InChI=1S/C17H21N3O3/c1-10-5-2-3-8-13(10)19-14(21)9-20-16(22)11-6-4-7-12(18)15(11)17(20)23/h4,6-7,10,13H,2-3,5,8-9,18H2,1H3,(H,19,21)/t10-,13+/m0/s1. The molecule has 1 aliphatic heterocycles. The van der Waals surface area contributed by atoms with Gasteiger partial charge in [0.15, 0.2) is 0 Å². The topological polar surface area (TPSA) is 92.5 Å². The summed E-state index contributed by atoms with van der Waals surface area (Å²) in [6, 6.07) is 4.90. The van der Waals surface area contributed by atoms with Crippen LogP contribution in [-0.2, 0) is 4.79 Å². The van der Waals surface area contributed by atoms with Crippen molar-refractivity contribution >= 4 is 23.4 Å². The van der Waals surface area contributed by atoms with E-state index in [2.05, 4.69) is 12.2 Å². The van der Waals surface area contributed by atoms with E-state index in [9.17, 15) is 14.4 Å². The third-order valence-corrected chi connectivity index (χ3v) is 4.79. The number of fused-ring (bicyclic) bond motifs is 1. The van der Waals surface area contributed by atoms with Gasteiger partial charge in [0.05, 0.1) is 11.1 Å². The van der Waals surface area contributed by atoms with Crippen LogP contribution in [0, 0.1) is 5.92 Å². The molecule has 2 atom stereocenters. The van der Waals surface area contributed by atoms with Crippen LogP contribution in [0.1, 0.15) is 53.3 Å². The maximum absolute atomic E-state index is 12.4. The molecule has 0 spiro atoms. The van der Waals surface area contributed by atoms with Crippen LogP contribution in [0.2, 0.25) is 0 Å². The Bertz CT molecular complexity index is 671. The summed E-state index contributed by atoms with van der Waals surface area (Å²) in [5.74, 6) is -0.818. The Kier molecular flexibility index (Phi) is 4.07. The number of rotatable bonds is 3. The molecule has 3 N–H and O–H groups in total. The lowest BCUT2D eigenvalue weighted by atomic mass is 9.86. The molecule has 122 valence electrons. The quantitative estimate of drug-likeness (QED) is 0.654. The van der Waals surface area contributed by atoms with Gasteiger partial charge in [0, 0.05) is 11.7 Å². The van der Waals surface area contributed by atoms with Crippen molar-refractivity contribution < 1.29 is 14.4 Å². The van der Waals surface area contributed by atoms with Gasteiger partial charge < -0.3 is 11.1 Å². The summed E-state index contributed by atoms with van der Waals surface area (Å²) in [7, 11) is 0. The number of hydrogen-bond donors (Lipinski definition) is 2. The van der Waals surface area contributed by atoms with Crippen LogP contribution in [0.25, 0.3) is 0 Å². The molecule has 1 saturated carbocycles. The number of nitrogen functional groups attached to an aromatic ring is 1. The highest BCUT2D eigenvalue weighted by Gasteiger charge is 2.38. The molecule has 2 aliphatic rings. The molecule has 3 amide bonds. The summed E-state index contributed by atoms with van der Waals surface area (Å²) in [6.07, 6.45) is 4.32. The summed E-state index contributed by atoms with van der Waals surface area (Å²) in [6.45, 7) is 1.86. The average molecular weight is 315 g/mol. The molecule has 0 saturated heterocycles. The van der Waals surface area contributed by atoms with Crippen LogP contribution in [0.3, 0.4) is 0 Å². The number of imide groups is 1. The van der Waals surface area contributed by atoms with Gasteiger partial charge in [-0.25, -0.2) is 0 Å². The molecule has 1 aromatic carbocycles. The first kappa shape index (κ1) is 15.5. The van der Waals surface area contributed by atoms with Crippen LogP contribution in [0.15, 0.2) is 18.2 Å². The second-order valence-electron chi connectivity index (χ2n) is 6.40. The van der Waals surface area contributed by atoms with E-state index in [1.807, 2.05) is 0 Å². The first-order chi connectivity index (χ1) is 11.0. The van der Waals surface area contributed by atoms with Crippen LogP contribution < -0.4 is 11.1 Å². The zero-order valence-corrected chi connectivity index (χ0v) is 13.2. The van der Waals surface area contributed by atoms with Crippen molar-refractivity contribution in [2.75, 3.05) is 12.3 Å². The number of hydrogen-bond acceptors (Lipinski definition) is 4. The highest BCUT2D eigenvalue weighted by molar-refractivity contribution is 6.24. The number of nitrogens with one attached hydrogen (secondary N) is 1. The van der Waals surface area contributed by atoms with Gasteiger partial charge in [-0.05, 0) is 30.9 Å².